The highest BCUT2D eigenvalue weighted by Gasteiger charge is 2.16. The molecule has 0 aliphatic heterocycles. The summed E-state index contributed by atoms with van der Waals surface area (Å²) in [5.74, 6) is 0. The van der Waals surface area contributed by atoms with Crippen molar-refractivity contribution in [2.24, 2.45) is 4.41 Å². The van der Waals surface area contributed by atoms with Crippen LogP contribution in [-0.4, -0.2) is 55.1 Å². The van der Waals surface area contributed by atoms with Gasteiger partial charge in [0.15, 0.2) is 8.24 Å². The van der Waals surface area contributed by atoms with Gasteiger partial charge in [-0.1, -0.05) is 0 Å². The third kappa shape index (κ3) is 10.8. The molecule has 0 amide bonds. The molecule has 0 spiro atoms. The van der Waals surface area contributed by atoms with Crippen molar-refractivity contribution in [2.45, 2.75) is 19.6 Å². The second-order valence-electron chi connectivity index (χ2n) is 5.00. The van der Waals surface area contributed by atoms with Crippen LogP contribution in [0.15, 0.2) is 4.41 Å². The molecule has 0 unspecified atom stereocenters. The zero-order chi connectivity index (χ0) is 12.7. The molecular formula is C10H26NO3PSi. The largest absolute Gasteiger partial charge is 0.382 e. The van der Waals surface area contributed by atoms with E-state index in [0.29, 0.717) is 26.4 Å². The van der Waals surface area contributed by atoms with Gasteiger partial charge in [-0.25, -0.2) is 0 Å². The molecule has 0 heterocycles. The SMILES string of the molecule is COCCOCCOP(C)(C)=N[Si](C)(C)C. The smallest absolute Gasteiger partial charge is 0.173 e. The molecule has 0 aliphatic carbocycles. The Morgan fingerprint density at radius 1 is 1.00 bits per heavy atom. The number of rotatable bonds is 8. The van der Waals surface area contributed by atoms with E-state index in [2.05, 4.69) is 33.0 Å². The molecule has 4 nitrogen and oxygen atoms in total. The van der Waals surface area contributed by atoms with E-state index in [1.54, 1.807) is 7.11 Å². The highest BCUT2D eigenvalue weighted by atomic mass is 31.2. The minimum atomic E-state index is -1.54. The van der Waals surface area contributed by atoms with Gasteiger partial charge in [0.25, 0.3) is 0 Å². The Hall–Kier alpha value is 0.327. The molecule has 0 N–H and O–H groups in total. The van der Waals surface area contributed by atoms with Crippen molar-refractivity contribution in [2.75, 3.05) is 46.9 Å². The van der Waals surface area contributed by atoms with E-state index in [1.807, 2.05) is 0 Å². The number of hydrogen-bond acceptors (Lipinski definition) is 4. The Labute approximate surface area is 101 Å². The fraction of sp³-hybridized carbons (Fsp3) is 1.00. The van der Waals surface area contributed by atoms with E-state index in [-0.39, 0.29) is 0 Å². The van der Waals surface area contributed by atoms with Crippen LogP contribution >= 0.6 is 7.28 Å². The van der Waals surface area contributed by atoms with Gasteiger partial charge in [-0.05, 0) is 33.0 Å². The van der Waals surface area contributed by atoms with Crippen molar-refractivity contribution in [3.05, 3.63) is 0 Å². The molecule has 0 atom stereocenters. The lowest BCUT2D eigenvalue weighted by atomic mass is 10.7. The third-order valence-electron chi connectivity index (χ3n) is 1.61. The van der Waals surface area contributed by atoms with E-state index in [0.717, 1.165) is 0 Å². The number of ether oxygens (including phenoxy) is 2. The second-order valence-corrected chi connectivity index (χ2v) is 13.0. The van der Waals surface area contributed by atoms with Gasteiger partial charge >= 0.3 is 0 Å². The summed E-state index contributed by atoms with van der Waals surface area (Å²) < 4.78 is 20.8. The van der Waals surface area contributed by atoms with E-state index in [4.69, 9.17) is 18.4 Å². The molecule has 0 aliphatic rings. The highest BCUT2D eigenvalue weighted by Crippen LogP contribution is 2.44. The second kappa shape index (κ2) is 7.61. The molecular weight excluding hydrogens is 241 g/mol. The summed E-state index contributed by atoms with van der Waals surface area (Å²) in [6.45, 7) is 13.4. The molecule has 0 rings (SSSR count). The van der Waals surface area contributed by atoms with Crippen LogP contribution in [0.3, 0.4) is 0 Å². The van der Waals surface area contributed by atoms with Gasteiger partial charge in [0.05, 0.1) is 33.7 Å². The van der Waals surface area contributed by atoms with Gasteiger partial charge in [-0.2, -0.15) is 0 Å². The third-order valence-corrected chi connectivity index (χ3v) is 6.75. The Balaban J connectivity index is 3.79. The summed E-state index contributed by atoms with van der Waals surface area (Å²) in [6, 6.07) is 0. The van der Waals surface area contributed by atoms with Crippen LogP contribution in [-0.2, 0) is 14.0 Å². The normalized spacial score (nSPS) is 12.9. The molecule has 0 saturated carbocycles. The highest BCUT2D eigenvalue weighted by molar-refractivity contribution is 7.61. The first-order valence-corrected chi connectivity index (χ1v) is 11.6. The van der Waals surface area contributed by atoms with Gasteiger partial charge in [0.1, 0.15) is 0 Å². The topological polar surface area (TPSA) is 40.0 Å². The molecule has 16 heavy (non-hydrogen) atoms. The van der Waals surface area contributed by atoms with E-state index >= 15 is 0 Å². The van der Waals surface area contributed by atoms with Gasteiger partial charge in [0.2, 0.25) is 0 Å². The van der Waals surface area contributed by atoms with Crippen molar-refractivity contribution < 1.29 is 14.0 Å². The maximum Gasteiger partial charge on any atom is 0.173 e. The lowest BCUT2D eigenvalue weighted by Gasteiger charge is -2.21. The maximum absolute atomic E-state index is 5.80. The van der Waals surface area contributed by atoms with Crippen LogP contribution in [0.25, 0.3) is 0 Å². The number of hydrogen-bond donors (Lipinski definition) is 0. The molecule has 6 heteroatoms. The van der Waals surface area contributed by atoms with Crippen molar-refractivity contribution in [1.29, 1.82) is 0 Å². The number of nitrogens with zero attached hydrogens (tertiary/aromatic N) is 1. The van der Waals surface area contributed by atoms with Crippen LogP contribution in [0.4, 0.5) is 0 Å². The molecule has 0 aromatic rings. The van der Waals surface area contributed by atoms with Crippen molar-refractivity contribution in [3.8, 4) is 0 Å². The Morgan fingerprint density at radius 2 is 1.56 bits per heavy atom. The molecule has 0 fully saturated rings. The quantitative estimate of drug-likeness (QED) is 0.386. The summed E-state index contributed by atoms with van der Waals surface area (Å²) in [5.41, 5.74) is 0. The first-order chi connectivity index (χ1) is 7.27. The Bertz CT molecular complexity index is 235. The maximum atomic E-state index is 5.80. The molecule has 0 saturated heterocycles. The van der Waals surface area contributed by atoms with Crippen LogP contribution in [0.2, 0.25) is 19.6 Å². The predicted molar refractivity (Wildman–Crippen MR) is 73.2 cm³/mol. The monoisotopic (exact) mass is 267 g/mol. The van der Waals surface area contributed by atoms with Gasteiger partial charge < -0.3 is 18.4 Å². The van der Waals surface area contributed by atoms with Crippen LogP contribution in [0, 0.1) is 0 Å². The van der Waals surface area contributed by atoms with Crippen LogP contribution in [0.5, 0.6) is 0 Å². The summed E-state index contributed by atoms with van der Waals surface area (Å²) in [5, 5.41) is 0. The zero-order valence-corrected chi connectivity index (χ0v) is 13.3. The Morgan fingerprint density at radius 3 is 2.06 bits per heavy atom. The average Bonchev–Trinajstić information content (AvgIpc) is 2.06. The van der Waals surface area contributed by atoms with Gasteiger partial charge in [-0.15, -0.1) is 0 Å². The first-order valence-electron chi connectivity index (χ1n) is 5.56. The lowest BCUT2D eigenvalue weighted by molar-refractivity contribution is 0.0562. The minimum absolute atomic E-state index is 0.619. The molecule has 98 valence electrons. The molecule has 0 bridgehead atoms. The number of methoxy groups -OCH3 is 1. The van der Waals surface area contributed by atoms with Crippen molar-refractivity contribution in [3.63, 3.8) is 0 Å². The molecule has 0 aromatic carbocycles. The lowest BCUT2D eigenvalue weighted by Crippen LogP contribution is -2.16. The van der Waals surface area contributed by atoms with E-state index < -0.39 is 15.5 Å². The van der Waals surface area contributed by atoms with Gasteiger partial charge in [-0.3, -0.25) is 0 Å². The van der Waals surface area contributed by atoms with E-state index in [1.165, 1.54) is 0 Å². The average molecular weight is 267 g/mol. The van der Waals surface area contributed by atoms with Crippen LogP contribution < -0.4 is 0 Å². The van der Waals surface area contributed by atoms with E-state index in [9.17, 15) is 0 Å². The summed E-state index contributed by atoms with van der Waals surface area (Å²) >= 11 is 0. The Kier molecular flexibility index (Phi) is 7.77. The summed E-state index contributed by atoms with van der Waals surface area (Å²) in [6.07, 6.45) is 0. The standard InChI is InChI=1S/C10H26NO3PSi/c1-12-7-8-13-9-10-14-15(2,3)11-16(4,5)6/h7-10H2,1-6H3. The van der Waals surface area contributed by atoms with Gasteiger partial charge in [0, 0.05) is 7.11 Å². The fourth-order valence-corrected chi connectivity index (χ4v) is 7.85. The fourth-order valence-electron chi connectivity index (χ4n) is 1.32. The van der Waals surface area contributed by atoms with Crippen molar-refractivity contribution >= 4 is 15.5 Å². The summed E-state index contributed by atoms with van der Waals surface area (Å²) in [7, 11) is -1.26. The summed E-state index contributed by atoms with van der Waals surface area (Å²) in [4.78, 5) is 0. The molecule has 0 aromatic heterocycles. The minimum Gasteiger partial charge on any atom is -0.382 e. The van der Waals surface area contributed by atoms with Crippen LogP contribution in [0.1, 0.15) is 0 Å². The predicted octanol–water partition coefficient (Wildman–Crippen LogP) is 2.88. The van der Waals surface area contributed by atoms with Crippen molar-refractivity contribution in [1.82, 2.24) is 0 Å². The molecule has 0 radical (unpaired) electrons. The zero-order valence-electron chi connectivity index (χ0n) is 11.4. The first kappa shape index (κ1) is 16.3.